The Morgan fingerprint density at radius 2 is 1.84 bits per heavy atom. The first-order valence-corrected chi connectivity index (χ1v) is 6.67. The van der Waals surface area contributed by atoms with Crippen molar-refractivity contribution in [2.75, 3.05) is 26.2 Å². The lowest BCUT2D eigenvalue weighted by Crippen LogP contribution is -2.47. The summed E-state index contributed by atoms with van der Waals surface area (Å²) in [6.07, 6.45) is -2.64. The Hall–Kier alpha value is -0.620. The van der Waals surface area contributed by atoms with Crippen LogP contribution in [0.1, 0.15) is 11.6 Å². The van der Waals surface area contributed by atoms with Gasteiger partial charge in [-0.25, -0.2) is 8.78 Å². The van der Waals surface area contributed by atoms with Crippen LogP contribution in [0.3, 0.4) is 0 Å². The van der Waals surface area contributed by atoms with E-state index < -0.39 is 12.5 Å². The number of nitrogens with one attached hydrogen (secondary N) is 1. The maximum atomic E-state index is 13.4. The van der Waals surface area contributed by atoms with Gasteiger partial charge < -0.3 is 10.4 Å². The topological polar surface area (TPSA) is 35.5 Å². The lowest BCUT2D eigenvalue weighted by Gasteiger charge is -2.35. The van der Waals surface area contributed by atoms with Gasteiger partial charge in [-0.15, -0.1) is 0 Å². The molecule has 0 aliphatic carbocycles. The van der Waals surface area contributed by atoms with Crippen molar-refractivity contribution in [3.8, 4) is 5.75 Å². The van der Waals surface area contributed by atoms with Crippen molar-refractivity contribution >= 4 is 23.2 Å². The Labute approximate surface area is 120 Å². The number of benzene rings is 1. The van der Waals surface area contributed by atoms with E-state index in [4.69, 9.17) is 23.2 Å². The second-order valence-electron chi connectivity index (χ2n) is 4.39. The monoisotopic (exact) mass is 310 g/mol. The molecule has 1 aromatic carbocycles. The van der Waals surface area contributed by atoms with E-state index >= 15 is 0 Å². The average molecular weight is 311 g/mol. The second-order valence-corrected chi connectivity index (χ2v) is 5.23. The molecule has 106 valence electrons. The highest BCUT2D eigenvalue weighted by molar-refractivity contribution is 6.35. The molecule has 1 heterocycles. The number of aromatic hydroxyl groups is 1. The minimum Gasteiger partial charge on any atom is -0.507 e. The molecule has 1 aromatic rings. The molecule has 1 saturated heterocycles. The van der Waals surface area contributed by atoms with E-state index in [0.717, 1.165) is 0 Å². The molecule has 0 spiro atoms. The molecule has 7 heteroatoms. The number of hydrogen-bond acceptors (Lipinski definition) is 3. The molecule has 2 N–H and O–H groups in total. The summed E-state index contributed by atoms with van der Waals surface area (Å²) in [5.41, 5.74) is 0.0444. The van der Waals surface area contributed by atoms with E-state index in [1.807, 2.05) is 0 Å². The van der Waals surface area contributed by atoms with Crippen molar-refractivity contribution in [3.05, 3.63) is 27.7 Å². The van der Waals surface area contributed by atoms with Crippen molar-refractivity contribution in [1.29, 1.82) is 0 Å². The predicted octanol–water partition coefficient (Wildman–Crippen LogP) is 2.91. The summed E-state index contributed by atoms with van der Waals surface area (Å²) >= 11 is 11.7. The minimum absolute atomic E-state index is 0.0444. The molecule has 0 bridgehead atoms. The van der Waals surface area contributed by atoms with Gasteiger partial charge in [-0.3, -0.25) is 4.90 Å². The van der Waals surface area contributed by atoms with Crippen LogP contribution in [-0.2, 0) is 0 Å². The zero-order chi connectivity index (χ0) is 14.0. The van der Waals surface area contributed by atoms with Crippen molar-refractivity contribution in [1.82, 2.24) is 10.2 Å². The minimum atomic E-state index is -2.64. The lowest BCUT2D eigenvalue weighted by molar-refractivity contribution is 0.0171. The van der Waals surface area contributed by atoms with Gasteiger partial charge in [0.2, 0.25) is 0 Å². The third-order valence-corrected chi connectivity index (χ3v) is 3.68. The summed E-state index contributed by atoms with van der Waals surface area (Å²) in [5, 5.41) is 13.3. The van der Waals surface area contributed by atoms with Gasteiger partial charge in [-0.2, -0.15) is 0 Å². The molecule has 3 nitrogen and oxygen atoms in total. The maximum absolute atomic E-state index is 13.4. The zero-order valence-corrected chi connectivity index (χ0v) is 11.6. The summed E-state index contributed by atoms with van der Waals surface area (Å²) in [6, 6.07) is 1.39. The predicted molar refractivity (Wildman–Crippen MR) is 71.3 cm³/mol. The van der Waals surface area contributed by atoms with Crippen LogP contribution in [0.25, 0.3) is 0 Å². The molecule has 1 aliphatic heterocycles. The van der Waals surface area contributed by atoms with Gasteiger partial charge in [0, 0.05) is 36.8 Å². The Morgan fingerprint density at radius 1 is 1.21 bits per heavy atom. The Morgan fingerprint density at radius 3 is 2.37 bits per heavy atom. The molecule has 0 unspecified atom stereocenters. The van der Waals surface area contributed by atoms with E-state index in [-0.39, 0.29) is 21.4 Å². The van der Waals surface area contributed by atoms with Crippen LogP contribution in [0.4, 0.5) is 8.78 Å². The highest BCUT2D eigenvalue weighted by atomic mass is 35.5. The summed E-state index contributed by atoms with van der Waals surface area (Å²) in [4.78, 5) is 1.62. The standard InChI is InChI=1S/C12H14Cl2F2N2O/c13-7-5-8(14)10(9(19)6-7)11(12(15)16)18-3-1-17-2-4-18/h5-6,11-12,17,19H,1-4H2/t11-/m0/s1. The van der Waals surface area contributed by atoms with Gasteiger partial charge >= 0.3 is 0 Å². The number of hydrogen-bond donors (Lipinski definition) is 2. The first-order valence-electron chi connectivity index (χ1n) is 5.91. The summed E-state index contributed by atoms with van der Waals surface area (Å²) in [6.45, 7) is 2.23. The van der Waals surface area contributed by atoms with Crippen molar-refractivity contribution < 1.29 is 13.9 Å². The third-order valence-electron chi connectivity index (χ3n) is 3.15. The zero-order valence-electron chi connectivity index (χ0n) is 10.0. The highest BCUT2D eigenvalue weighted by Crippen LogP contribution is 2.40. The molecule has 1 atom stereocenters. The van der Waals surface area contributed by atoms with Gasteiger partial charge in [0.05, 0.1) is 5.02 Å². The fourth-order valence-corrected chi connectivity index (χ4v) is 2.89. The third kappa shape index (κ3) is 3.28. The Kier molecular flexibility index (Phi) is 4.84. The normalized spacial score (nSPS) is 18.8. The molecule has 0 aromatic heterocycles. The number of phenols is 1. The summed E-state index contributed by atoms with van der Waals surface area (Å²) in [7, 11) is 0. The quantitative estimate of drug-likeness (QED) is 0.901. The smallest absolute Gasteiger partial charge is 0.258 e. The molecule has 1 aliphatic rings. The highest BCUT2D eigenvalue weighted by Gasteiger charge is 2.33. The maximum Gasteiger partial charge on any atom is 0.258 e. The molecular weight excluding hydrogens is 297 g/mol. The fraction of sp³-hybridized carbons (Fsp3) is 0.500. The van der Waals surface area contributed by atoms with Crippen molar-refractivity contribution in [2.24, 2.45) is 0 Å². The number of rotatable bonds is 3. The Balaban J connectivity index is 2.38. The number of piperazine rings is 1. The van der Waals surface area contributed by atoms with Crippen molar-refractivity contribution in [3.63, 3.8) is 0 Å². The van der Waals surface area contributed by atoms with E-state index in [0.29, 0.717) is 26.2 Å². The van der Waals surface area contributed by atoms with Crippen molar-refractivity contribution in [2.45, 2.75) is 12.5 Å². The average Bonchev–Trinajstić information content (AvgIpc) is 2.34. The Bertz CT molecular complexity index is 430. The van der Waals surface area contributed by atoms with Crippen LogP contribution in [0.15, 0.2) is 12.1 Å². The molecule has 2 rings (SSSR count). The summed E-state index contributed by atoms with van der Waals surface area (Å²) in [5.74, 6) is -0.290. The number of phenolic OH excluding ortho intramolecular Hbond substituents is 1. The van der Waals surface area contributed by atoms with Gasteiger partial charge in [0.15, 0.2) is 0 Å². The van der Waals surface area contributed by atoms with E-state index in [1.165, 1.54) is 12.1 Å². The second kappa shape index (κ2) is 6.22. The molecule has 0 amide bonds. The molecular formula is C12H14Cl2F2N2O. The molecule has 0 saturated carbocycles. The van der Waals surface area contributed by atoms with Crippen LogP contribution < -0.4 is 5.32 Å². The first kappa shape index (κ1) is 14.8. The van der Waals surface area contributed by atoms with Crippen LogP contribution >= 0.6 is 23.2 Å². The van der Waals surface area contributed by atoms with Crippen LogP contribution in [-0.4, -0.2) is 42.6 Å². The van der Waals surface area contributed by atoms with Gasteiger partial charge in [0.1, 0.15) is 11.8 Å². The first-order chi connectivity index (χ1) is 9.00. The number of halogens is 4. The van der Waals surface area contributed by atoms with Gasteiger partial charge in [-0.05, 0) is 12.1 Å². The largest absolute Gasteiger partial charge is 0.507 e. The molecule has 0 radical (unpaired) electrons. The van der Waals surface area contributed by atoms with Crippen LogP contribution in [0, 0.1) is 0 Å². The number of nitrogens with zero attached hydrogens (tertiary/aromatic N) is 1. The van der Waals surface area contributed by atoms with E-state index in [9.17, 15) is 13.9 Å². The van der Waals surface area contributed by atoms with Gasteiger partial charge in [0.25, 0.3) is 6.43 Å². The number of alkyl halides is 2. The van der Waals surface area contributed by atoms with Gasteiger partial charge in [-0.1, -0.05) is 23.2 Å². The molecule has 19 heavy (non-hydrogen) atoms. The van der Waals surface area contributed by atoms with Crippen LogP contribution in [0.2, 0.25) is 10.0 Å². The van der Waals surface area contributed by atoms with E-state index in [1.54, 1.807) is 4.90 Å². The van der Waals surface area contributed by atoms with Crippen LogP contribution in [0.5, 0.6) is 5.75 Å². The lowest BCUT2D eigenvalue weighted by atomic mass is 10.0. The molecule has 1 fully saturated rings. The SMILES string of the molecule is Oc1cc(Cl)cc(Cl)c1[C@@H](C(F)F)N1CCNCC1. The van der Waals surface area contributed by atoms with E-state index in [2.05, 4.69) is 5.32 Å². The summed E-state index contributed by atoms with van der Waals surface area (Å²) < 4.78 is 26.7. The fourth-order valence-electron chi connectivity index (χ4n) is 2.29.